The van der Waals surface area contributed by atoms with E-state index in [0.29, 0.717) is 18.3 Å². The molecule has 1 rings (SSSR count). The third-order valence-corrected chi connectivity index (χ3v) is 1.53. The van der Waals surface area contributed by atoms with Crippen molar-refractivity contribution in [3.8, 4) is 0 Å². The number of hydrogen-bond donors (Lipinski definition) is 1. The van der Waals surface area contributed by atoms with Crippen molar-refractivity contribution < 1.29 is 28.2 Å². The number of carboxylic acid groups (broad SMARTS) is 1. The van der Waals surface area contributed by atoms with Gasteiger partial charge >= 0.3 is 32.8 Å². The van der Waals surface area contributed by atoms with Crippen molar-refractivity contribution >= 4 is 4.56 Å². The third-order valence-electron chi connectivity index (χ3n) is 1.53. The first kappa shape index (κ1) is 13.2. The molecule has 0 aliphatic rings. The van der Waals surface area contributed by atoms with E-state index in [2.05, 4.69) is 31.8 Å². The fraction of sp³-hybridized carbons (Fsp3) is 0.400. The fourth-order valence-corrected chi connectivity index (χ4v) is 0.806. The Morgan fingerprint density at radius 3 is 2.21 bits per heavy atom. The average molecular weight is 246 g/mol. The molecule has 0 atom stereocenters. The Balaban J connectivity index is 0.000000364. The summed E-state index contributed by atoms with van der Waals surface area (Å²) in [7, 11) is 0. The number of aromatic nitrogens is 1. The van der Waals surface area contributed by atoms with Crippen LogP contribution in [-0.4, -0.2) is 14.7 Å². The SMILES string of the molecule is CC(C)(C)c1cccnc1.O=[C](O)[Zn]. The molecule has 0 spiro atoms. The second kappa shape index (κ2) is 5.87. The summed E-state index contributed by atoms with van der Waals surface area (Å²) in [5.74, 6) is 0. The van der Waals surface area contributed by atoms with Crippen molar-refractivity contribution in [1.82, 2.24) is 4.98 Å². The van der Waals surface area contributed by atoms with Crippen LogP contribution < -0.4 is 0 Å². The van der Waals surface area contributed by atoms with E-state index in [4.69, 9.17) is 9.90 Å². The molecule has 1 aromatic heterocycles. The Morgan fingerprint density at radius 1 is 1.50 bits per heavy atom. The predicted octanol–water partition coefficient (Wildman–Crippen LogP) is 2.59. The number of rotatable bonds is 0. The Kier molecular flexibility index (Phi) is 5.55. The van der Waals surface area contributed by atoms with Crippen molar-refractivity contribution in [2.75, 3.05) is 0 Å². The standard InChI is InChI=1S/C9H13N.CHO2.Zn/c1-9(2,3)8-5-4-6-10-7-8;2-1-3;/h4-7H,1-3H3;(H,2,3);. The molecule has 0 aliphatic carbocycles. The Morgan fingerprint density at radius 2 is 2.00 bits per heavy atom. The van der Waals surface area contributed by atoms with Gasteiger partial charge in [0.05, 0.1) is 0 Å². The number of pyridine rings is 1. The molecule has 73 valence electrons. The molecular weight excluding hydrogens is 232 g/mol. The van der Waals surface area contributed by atoms with E-state index in [1.807, 2.05) is 12.3 Å². The summed E-state index contributed by atoms with van der Waals surface area (Å²) < 4.78 is -0.708. The summed E-state index contributed by atoms with van der Waals surface area (Å²) in [5, 5.41) is 7.47. The molecule has 1 aromatic rings. The van der Waals surface area contributed by atoms with Crippen molar-refractivity contribution in [2.24, 2.45) is 0 Å². The third kappa shape index (κ3) is 6.73. The van der Waals surface area contributed by atoms with E-state index in [-0.39, 0.29) is 5.41 Å². The van der Waals surface area contributed by atoms with E-state index in [9.17, 15) is 0 Å². The Labute approximate surface area is 94.2 Å². The Hall–Kier alpha value is -0.757. The molecule has 0 aliphatic heterocycles. The molecule has 0 saturated heterocycles. The molecule has 1 N–H and O–H groups in total. The topological polar surface area (TPSA) is 50.2 Å². The van der Waals surface area contributed by atoms with E-state index < -0.39 is 4.56 Å². The molecule has 3 nitrogen and oxygen atoms in total. The number of nitrogens with zero attached hydrogens (tertiary/aromatic N) is 1. The summed E-state index contributed by atoms with van der Waals surface area (Å²) in [6.45, 7) is 6.55. The second-order valence-electron chi connectivity index (χ2n) is 3.89. The van der Waals surface area contributed by atoms with Gasteiger partial charge in [-0.3, -0.25) is 4.98 Å². The van der Waals surface area contributed by atoms with Crippen LogP contribution in [0.25, 0.3) is 0 Å². The molecule has 0 saturated carbocycles. The normalized spacial score (nSPS) is 10.1. The van der Waals surface area contributed by atoms with Crippen LogP contribution in [0.4, 0.5) is 4.79 Å². The minimum absolute atomic E-state index is 0.230. The van der Waals surface area contributed by atoms with Gasteiger partial charge in [0.1, 0.15) is 0 Å². The van der Waals surface area contributed by atoms with E-state index in [0.717, 1.165) is 0 Å². The van der Waals surface area contributed by atoms with Gasteiger partial charge in [-0.05, 0) is 17.0 Å². The molecule has 0 unspecified atom stereocenters. The quantitative estimate of drug-likeness (QED) is 0.715. The van der Waals surface area contributed by atoms with Gasteiger partial charge in [-0.15, -0.1) is 0 Å². The number of carbonyl (C=O) groups is 1. The van der Waals surface area contributed by atoms with Gasteiger partial charge in [0.15, 0.2) is 0 Å². The minimum atomic E-state index is -0.708. The summed E-state index contributed by atoms with van der Waals surface area (Å²) >= 11 is 0.347. The van der Waals surface area contributed by atoms with Gasteiger partial charge in [-0.2, -0.15) is 0 Å². The first-order chi connectivity index (χ1) is 6.34. The fourth-order valence-electron chi connectivity index (χ4n) is 0.806. The van der Waals surface area contributed by atoms with Gasteiger partial charge in [-0.25, -0.2) is 0 Å². The Bertz CT molecular complexity index is 276. The molecule has 0 aromatic carbocycles. The zero-order valence-electron chi connectivity index (χ0n) is 8.82. The zero-order valence-corrected chi connectivity index (χ0v) is 11.8. The molecule has 0 fully saturated rings. The first-order valence-electron chi connectivity index (χ1n) is 4.29. The molecule has 4 heteroatoms. The van der Waals surface area contributed by atoms with Crippen LogP contribution >= 0.6 is 0 Å². The van der Waals surface area contributed by atoms with Crippen LogP contribution in [0.2, 0.25) is 0 Å². The summed E-state index contributed by atoms with van der Waals surface area (Å²) in [6.07, 6.45) is 3.72. The van der Waals surface area contributed by atoms with Gasteiger partial charge in [0.25, 0.3) is 0 Å². The van der Waals surface area contributed by atoms with Crippen molar-refractivity contribution in [1.29, 1.82) is 0 Å². The maximum absolute atomic E-state index is 9.06. The molecule has 0 radical (unpaired) electrons. The van der Waals surface area contributed by atoms with Gasteiger partial charge in [0, 0.05) is 12.4 Å². The molecule has 14 heavy (non-hydrogen) atoms. The van der Waals surface area contributed by atoms with E-state index in [1.165, 1.54) is 5.56 Å². The summed E-state index contributed by atoms with van der Waals surface area (Å²) in [4.78, 5) is 13.1. The van der Waals surface area contributed by atoms with Crippen molar-refractivity contribution in [3.05, 3.63) is 30.1 Å². The predicted molar refractivity (Wildman–Crippen MR) is 51.0 cm³/mol. The summed E-state index contributed by atoms with van der Waals surface area (Å²) in [6, 6.07) is 4.08. The molecule has 1 heterocycles. The van der Waals surface area contributed by atoms with Crippen LogP contribution in [0.1, 0.15) is 26.3 Å². The molecule has 0 bridgehead atoms. The maximum atomic E-state index is 9.06. The monoisotopic (exact) mass is 244 g/mol. The first-order valence-corrected chi connectivity index (χ1v) is 5.78. The summed E-state index contributed by atoms with van der Waals surface area (Å²) in [5.41, 5.74) is 1.52. The number of hydrogen-bond acceptors (Lipinski definition) is 2. The van der Waals surface area contributed by atoms with E-state index >= 15 is 0 Å². The van der Waals surface area contributed by atoms with Crippen LogP contribution in [0.5, 0.6) is 0 Å². The van der Waals surface area contributed by atoms with E-state index in [1.54, 1.807) is 6.20 Å². The van der Waals surface area contributed by atoms with Gasteiger partial charge in [0.2, 0.25) is 0 Å². The molecular formula is C10H14NO2Zn. The van der Waals surface area contributed by atoms with Crippen LogP contribution in [0.15, 0.2) is 24.5 Å². The molecule has 0 amide bonds. The second-order valence-corrected chi connectivity index (χ2v) is 5.15. The van der Waals surface area contributed by atoms with Crippen LogP contribution in [0.3, 0.4) is 0 Å². The van der Waals surface area contributed by atoms with Crippen LogP contribution in [-0.2, 0) is 23.7 Å². The zero-order chi connectivity index (χ0) is 11.2. The van der Waals surface area contributed by atoms with Crippen LogP contribution in [0, 0.1) is 0 Å². The van der Waals surface area contributed by atoms with Crippen molar-refractivity contribution in [3.63, 3.8) is 0 Å². The average Bonchev–Trinajstić information content (AvgIpc) is 2.03. The van der Waals surface area contributed by atoms with Gasteiger partial charge < -0.3 is 0 Å². The van der Waals surface area contributed by atoms with Gasteiger partial charge in [-0.1, -0.05) is 26.8 Å². The van der Waals surface area contributed by atoms with Crippen molar-refractivity contribution in [2.45, 2.75) is 26.2 Å².